The van der Waals surface area contributed by atoms with Gasteiger partial charge in [-0.25, -0.2) is 23.0 Å². The number of nitrogens with zero attached hydrogens (tertiary/aromatic N) is 5. The standard InChI is InChI=1S/C16H10F5N5/c1-8-3-2-4-9-7-22-25(12(8)9)11-6-5-10(13(17)18)26-14(11)23-15(24-26)16(19,20)21/h2-7,13H,1H3. The third-order valence-electron chi connectivity index (χ3n) is 3.99. The maximum absolute atomic E-state index is 13.2. The van der Waals surface area contributed by atoms with Crippen molar-refractivity contribution in [2.45, 2.75) is 19.5 Å². The fraction of sp³-hybridized carbons (Fsp3) is 0.188. The number of aryl methyl sites for hydroxylation is 1. The molecule has 5 nitrogen and oxygen atoms in total. The topological polar surface area (TPSA) is 48.0 Å². The van der Waals surface area contributed by atoms with Crippen molar-refractivity contribution in [1.82, 2.24) is 24.4 Å². The van der Waals surface area contributed by atoms with E-state index in [1.54, 1.807) is 12.3 Å². The number of para-hydroxylation sites is 1. The van der Waals surface area contributed by atoms with Crippen molar-refractivity contribution in [3.05, 3.63) is 53.6 Å². The molecule has 26 heavy (non-hydrogen) atoms. The molecular formula is C16H10F5N5. The Bertz CT molecular complexity index is 1130. The van der Waals surface area contributed by atoms with Crippen LogP contribution in [0.2, 0.25) is 0 Å². The molecule has 0 aliphatic rings. The molecule has 0 atom stereocenters. The fourth-order valence-electron chi connectivity index (χ4n) is 2.85. The molecule has 0 saturated heterocycles. The summed E-state index contributed by atoms with van der Waals surface area (Å²) in [6, 6.07) is 7.72. The maximum Gasteiger partial charge on any atom is 0.453 e. The van der Waals surface area contributed by atoms with Crippen LogP contribution >= 0.6 is 0 Å². The Morgan fingerprint density at radius 1 is 1.08 bits per heavy atom. The highest BCUT2D eigenvalue weighted by Gasteiger charge is 2.37. The lowest BCUT2D eigenvalue weighted by molar-refractivity contribution is -0.144. The van der Waals surface area contributed by atoms with Gasteiger partial charge in [-0.15, -0.1) is 5.10 Å². The molecule has 3 heterocycles. The number of benzene rings is 1. The summed E-state index contributed by atoms with van der Waals surface area (Å²) in [5.74, 6) is -1.49. The predicted molar refractivity (Wildman–Crippen MR) is 82.3 cm³/mol. The van der Waals surface area contributed by atoms with Gasteiger partial charge in [-0.2, -0.15) is 18.3 Å². The molecule has 0 bridgehead atoms. The molecule has 0 fully saturated rings. The van der Waals surface area contributed by atoms with E-state index in [1.807, 2.05) is 19.1 Å². The predicted octanol–water partition coefficient (Wildman–Crippen LogP) is 4.33. The summed E-state index contributed by atoms with van der Waals surface area (Å²) in [4.78, 5) is 3.45. The molecule has 0 spiro atoms. The quantitative estimate of drug-likeness (QED) is 0.496. The van der Waals surface area contributed by atoms with E-state index < -0.39 is 24.1 Å². The first-order chi connectivity index (χ1) is 12.3. The summed E-state index contributed by atoms with van der Waals surface area (Å²) in [5.41, 5.74) is 0.576. The van der Waals surface area contributed by atoms with E-state index in [1.165, 1.54) is 10.7 Å². The lowest BCUT2D eigenvalue weighted by Crippen LogP contribution is -2.08. The summed E-state index contributed by atoms with van der Waals surface area (Å²) in [6.07, 6.45) is -6.32. The lowest BCUT2D eigenvalue weighted by Gasteiger charge is -2.09. The highest BCUT2D eigenvalue weighted by Crippen LogP contribution is 2.31. The molecule has 0 aliphatic heterocycles. The highest BCUT2D eigenvalue weighted by atomic mass is 19.4. The minimum Gasteiger partial charge on any atom is -0.229 e. The van der Waals surface area contributed by atoms with Crippen LogP contribution in [0.15, 0.2) is 36.5 Å². The van der Waals surface area contributed by atoms with Crippen molar-refractivity contribution in [2.24, 2.45) is 0 Å². The Labute approximate surface area is 142 Å². The van der Waals surface area contributed by atoms with E-state index in [2.05, 4.69) is 15.2 Å². The van der Waals surface area contributed by atoms with E-state index in [9.17, 15) is 22.0 Å². The van der Waals surface area contributed by atoms with Gasteiger partial charge >= 0.3 is 6.18 Å². The average molecular weight is 367 g/mol. The largest absolute Gasteiger partial charge is 0.453 e. The smallest absolute Gasteiger partial charge is 0.229 e. The van der Waals surface area contributed by atoms with Gasteiger partial charge < -0.3 is 0 Å². The van der Waals surface area contributed by atoms with E-state index in [0.717, 1.165) is 17.0 Å². The number of hydrogen-bond acceptors (Lipinski definition) is 3. The fourth-order valence-corrected chi connectivity index (χ4v) is 2.85. The zero-order chi connectivity index (χ0) is 18.6. The van der Waals surface area contributed by atoms with Gasteiger partial charge in [-0.05, 0) is 24.6 Å². The van der Waals surface area contributed by atoms with E-state index in [4.69, 9.17) is 0 Å². The first-order valence-electron chi connectivity index (χ1n) is 7.46. The second-order valence-corrected chi connectivity index (χ2v) is 5.68. The molecule has 1 aromatic carbocycles. The number of aromatic nitrogens is 5. The van der Waals surface area contributed by atoms with Crippen molar-refractivity contribution in [3.8, 4) is 5.69 Å². The molecule has 0 radical (unpaired) electrons. The zero-order valence-electron chi connectivity index (χ0n) is 13.2. The van der Waals surface area contributed by atoms with Crippen molar-refractivity contribution >= 4 is 16.6 Å². The molecule has 134 valence electrons. The molecular weight excluding hydrogens is 357 g/mol. The molecule has 3 aromatic heterocycles. The number of fused-ring (bicyclic) bond motifs is 2. The first-order valence-corrected chi connectivity index (χ1v) is 7.46. The zero-order valence-corrected chi connectivity index (χ0v) is 13.2. The third kappa shape index (κ3) is 2.40. The minimum absolute atomic E-state index is 0.127. The van der Waals surface area contributed by atoms with Crippen LogP contribution in [0.4, 0.5) is 22.0 Å². The Hall–Kier alpha value is -3.04. The number of halogens is 5. The van der Waals surface area contributed by atoms with Gasteiger partial charge in [0.2, 0.25) is 0 Å². The van der Waals surface area contributed by atoms with Crippen LogP contribution in [0.5, 0.6) is 0 Å². The van der Waals surface area contributed by atoms with Crippen LogP contribution in [-0.4, -0.2) is 24.4 Å². The molecule has 10 heteroatoms. The van der Waals surface area contributed by atoms with Gasteiger partial charge in [0.25, 0.3) is 12.2 Å². The van der Waals surface area contributed by atoms with Gasteiger partial charge in [0.05, 0.1) is 11.7 Å². The number of rotatable bonds is 2. The van der Waals surface area contributed by atoms with Gasteiger partial charge in [0, 0.05) is 5.39 Å². The van der Waals surface area contributed by atoms with Crippen LogP contribution < -0.4 is 0 Å². The molecule has 4 aromatic rings. The lowest BCUT2D eigenvalue weighted by atomic mass is 10.1. The Balaban J connectivity index is 2.07. The van der Waals surface area contributed by atoms with Crippen LogP contribution in [0, 0.1) is 6.92 Å². The minimum atomic E-state index is -4.86. The van der Waals surface area contributed by atoms with Crippen LogP contribution in [0.1, 0.15) is 23.5 Å². The molecule has 0 unspecified atom stereocenters. The van der Waals surface area contributed by atoms with Gasteiger partial charge in [0.15, 0.2) is 5.65 Å². The van der Waals surface area contributed by atoms with E-state index in [-0.39, 0.29) is 11.3 Å². The van der Waals surface area contributed by atoms with Crippen LogP contribution in [0.25, 0.3) is 22.2 Å². The van der Waals surface area contributed by atoms with Crippen molar-refractivity contribution in [1.29, 1.82) is 0 Å². The van der Waals surface area contributed by atoms with Crippen LogP contribution in [0.3, 0.4) is 0 Å². The molecule has 4 rings (SSSR count). The van der Waals surface area contributed by atoms with Gasteiger partial charge in [0.1, 0.15) is 11.4 Å². The second kappa shape index (κ2) is 5.48. The summed E-state index contributed by atoms with van der Waals surface area (Å²) in [6.45, 7) is 1.82. The summed E-state index contributed by atoms with van der Waals surface area (Å²) < 4.78 is 67.3. The maximum atomic E-state index is 13.2. The summed E-state index contributed by atoms with van der Waals surface area (Å²) in [7, 11) is 0. The molecule has 0 amide bonds. The Morgan fingerprint density at radius 2 is 1.85 bits per heavy atom. The van der Waals surface area contributed by atoms with Crippen molar-refractivity contribution in [3.63, 3.8) is 0 Å². The highest BCUT2D eigenvalue weighted by molar-refractivity contribution is 5.84. The molecule has 0 saturated carbocycles. The van der Waals surface area contributed by atoms with Crippen molar-refractivity contribution < 1.29 is 22.0 Å². The summed E-state index contributed by atoms with van der Waals surface area (Å²) in [5, 5.41) is 8.19. The van der Waals surface area contributed by atoms with Gasteiger partial charge in [-0.3, -0.25) is 0 Å². The van der Waals surface area contributed by atoms with E-state index >= 15 is 0 Å². The van der Waals surface area contributed by atoms with Crippen LogP contribution in [-0.2, 0) is 6.18 Å². The number of hydrogen-bond donors (Lipinski definition) is 0. The molecule has 0 aliphatic carbocycles. The van der Waals surface area contributed by atoms with Crippen molar-refractivity contribution in [2.75, 3.05) is 0 Å². The third-order valence-corrected chi connectivity index (χ3v) is 3.99. The first kappa shape index (κ1) is 16.4. The number of pyridine rings is 1. The average Bonchev–Trinajstić information content (AvgIpc) is 3.18. The Kier molecular flexibility index (Phi) is 3.46. The van der Waals surface area contributed by atoms with Gasteiger partial charge in [-0.1, -0.05) is 18.2 Å². The number of alkyl halides is 5. The summed E-state index contributed by atoms with van der Waals surface area (Å²) >= 11 is 0. The SMILES string of the molecule is Cc1cccc2cnn(-c3ccc(C(F)F)n4nc(C(F)(F)F)nc34)c12. The monoisotopic (exact) mass is 367 g/mol. The normalized spacial score (nSPS) is 12.6. The molecule has 0 N–H and O–H groups in total. The Morgan fingerprint density at radius 3 is 2.54 bits per heavy atom. The second-order valence-electron chi connectivity index (χ2n) is 5.68. The van der Waals surface area contributed by atoms with E-state index in [0.29, 0.717) is 10.0 Å².